The van der Waals surface area contributed by atoms with Crippen LogP contribution in [-0.2, 0) is 9.53 Å². The van der Waals surface area contributed by atoms with Gasteiger partial charge in [0, 0.05) is 5.69 Å². The van der Waals surface area contributed by atoms with Crippen LogP contribution >= 0.6 is 0 Å². The average molecular weight is 301 g/mol. The molecule has 1 fully saturated rings. The van der Waals surface area contributed by atoms with E-state index in [-0.39, 0.29) is 5.56 Å². The van der Waals surface area contributed by atoms with Gasteiger partial charge in [0.15, 0.2) is 5.92 Å². The molecule has 0 saturated heterocycles. The quantitative estimate of drug-likeness (QED) is 0.682. The smallest absolute Gasteiger partial charge is 0.406 e. The van der Waals surface area contributed by atoms with Crippen LogP contribution in [0.5, 0.6) is 0 Å². The minimum absolute atomic E-state index is 0.141. The molecule has 1 atom stereocenters. The minimum Gasteiger partial charge on any atom is -0.462 e. The van der Waals surface area contributed by atoms with E-state index < -0.39 is 24.2 Å². The fourth-order valence-corrected chi connectivity index (χ4v) is 2.56. The minimum atomic E-state index is -4.68. The van der Waals surface area contributed by atoms with Crippen LogP contribution in [0.2, 0.25) is 0 Å². The molecule has 0 heterocycles. The topological polar surface area (TPSA) is 52.3 Å². The Balaban J connectivity index is 2.15. The molecule has 2 rings (SSSR count). The molecule has 1 aromatic carbocycles. The SMILES string of the molecule is Nc1ccc(C(C(=O)OC2CCCCC2)C(F)(F)F)cc1. The van der Waals surface area contributed by atoms with E-state index in [9.17, 15) is 18.0 Å². The van der Waals surface area contributed by atoms with Gasteiger partial charge in [0.05, 0.1) is 0 Å². The third-order valence-corrected chi connectivity index (χ3v) is 3.67. The van der Waals surface area contributed by atoms with Crippen molar-refractivity contribution in [2.45, 2.75) is 50.3 Å². The molecule has 0 bridgehead atoms. The second-order valence-electron chi connectivity index (χ2n) is 5.34. The molecular weight excluding hydrogens is 283 g/mol. The second-order valence-corrected chi connectivity index (χ2v) is 5.34. The standard InChI is InChI=1S/C15H18F3NO2/c16-15(17,18)13(10-6-8-11(19)9-7-10)14(20)21-12-4-2-1-3-5-12/h6-9,12-13H,1-5,19H2. The zero-order chi connectivity index (χ0) is 15.5. The molecule has 1 saturated carbocycles. The number of rotatable bonds is 3. The molecular formula is C15H18F3NO2. The number of carbonyl (C=O) groups excluding carboxylic acids is 1. The second kappa shape index (κ2) is 6.37. The molecule has 6 heteroatoms. The number of ether oxygens (including phenoxy) is 1. The molecule has 0 aromatic heterocycles. The van der Waals surface area contributed by atoms with Crippen molar-refractivity contribution in [3.05, 3.63) is 29.8 Å². The average Bonchev–Trinajstić information content (AvgIpc) is 2.41. The van der Waals surface area contributed by atoms with E-state index in [1.165, 1.54) is 24.3 Å². The summed E-state index contributed by atoms with van der Waals surface area (Å²) >= 11 is 0. The van der Waals surface area contributed by atoms with E-state index in [0.717, 1.165) is 19.3 Å². The fraction of sp³-hybridized carbons (Fsp3) is 0.533. The number of benzene rings is 1. The first-order chi connectivity index (χ1) is 9.88. The summed E-state index contributed by atoms with van der Waals surface area (Å²) in [6, 6.07) is 5.13. The highest BCUT2D eigenvalue weighted by molar-refractivity contribution is 5.79. The Morgan fingerprint density at radius 3 is 2.24 bits per heavy atom. The van der Waals surface area contributed by atoms with E-state index in [1.807, 2.05) is 0 Å². The van der Waals surface area contributed by atoms with Gasteiger partial charge in [0.2, 0.25) is 0 Å². The first kappa shape index (κ1) is 15.7. The summed E-state index contributed by atoms with van der Waals surface area (Å²) in [5, 5.41) is 0. The van der Waals surface area contributed by atoms with Crippen LogP contribution in [0.1, 0.15) is 43.6 Å². The highest BCUT2D eigenvalue weighted by atomic mass is 19.4. The first-order valence-electron chi connectivity index (χ1n) is 7.00. The van der Waals surface area contributed by atoms with Gasteiger partial charge in [-0.15, -0.1) is 0 Å². The summed E-state index contributed by atoms with van der Waals surface area (Å²) in [5.41, 5.74) is 5.67. The number of hydrogen-bond acceptors (Lipinski definition) is 3. The number of nitrogens with two attached hydrogens (primary N) is 1. The van der Waals surface area contributed by atoms with Gasteiger partial charge < -0.3 is 10.5 Å². The van der Waals surface area contributed by atoms with Crippen LogP contribution < -0.4 is 5.73 Å². The summed E-state index contributed by atoms with van der Waals surface area (Å²) in [7, 11) is 0. The lowest BCUT2D eigenvalue weighted by molar-refractivity contribution is -0.186. The number of anilines is 1. The molecule has 21 heavy (non-hydrogen) atoms. The van der Waals surface area contributed by atoms with E-state index >= 15 is 0 Å². The predicted molar refractivity (Wildman–Crippen MR) is 72.6 cm³/mol. The van der Waals surface area contributed by atoms with Crippen molar-refractivity contribution in [3.8, 4) is 0 Å². The lowest BCUT2D eigenvalue weighted by atomic mass is 9.96. The van der Waals surface area contributed by atoms with E-state index in [2.05, 4.69) is 0 Å². The van der Waals surface area contributed by atoms with Gasteiger partial charge in [-0.25, -0.2) is 0 Å². The zero-order valence-corrected chi connectivity index (χ0v) is 11.5. The molecule has 2 N–H and O–H groups in total. The van der Waals surface area contributed by atoms with E-state index in [4.69, 9.17) is 10.5 Å². The van der Waals surface area contributed by atoms with Gasteiger partial charge in [-0.3, -0.25) is 4.79 Å². The number of alkyl halides is 3. The van der Waals surface area contributed by atoms with Crippen LogP contribution in [0.4, 0.5) is 18.9 Å². The molecule has 0 radical (unpaired) electrons. The summed E-state index contributed by atoms with van der Waals surface area (Å²) in [6.07, 6.45) is -0.996. The largest absolute Gasteiger partial charge is 0.462 e. The van der Waals surface area contributed by atoms with Crippen molar-refractivity contribution < 1.29 is 22.7 Å². The monoisotopic (exact) mass is 301 g/mol. The number of carbonyl (C=O) groups is 1. The van der Waals surface area contributed by atoms with Crippen molar-refractivity contribution in [2.24, 2.45) is 0 Å². The Hall–Kier alpha value is -1.72. The molecule has 3 nitrogen and oxygen atoms in total. The number of esters is 1. The summed E-state index contributed by atoms with van der Waals surface area (Å²) < 4.78 is 44.6. The van der Waals surface area contributed by atoms with Crippen LogP contribution in [0, 0.1) is 0 Å². The molecule has 0 aliphatic heterocycles. The summed E-state index contributed by atoms with van der Waals surface area (Å²) in [4.78, 5) is 12.0. The fourth-order valence-electron chi connectivity index (χ4n) is 2.56. The van der Waals surface area contributed by atoms with E-state index in [1.54, 1.807) is 0 Å². The van der Waals surface area contributed by atoms with Gasteiger partial charge in [0.25, 0.3) is 0 Å². The van der Waals surface area contributed by atoms with Gasteiger partial charge in [-0.1, -0.05) is 18.6 Å². The highest BCUT2D eigenvalue weighted by Gasteiger charge is 2.47. The summed E-state index contributed by atoms with van der Waals surface area (Å²) in [6.45, 7) is 0. The molecule has 116 valence electrons. The van der Waals surface area contributed by atoms with Crippen molar-refractivity contribution in [2.75, 3.05) is 5.73 Å². The van der Waals surface area contributed by atoms with Crippen LogP contribution in [0.3, 0.4) is 0 Å². The zero-order valence-electron chi connectivity index (χ0n) is 11.5. The maximum atomic E-state index is 13.2. The maximum absolute atomic E-state index is 13.2. The number of hydrogen-bond donors (Lipinski definition) is 1. The van der Waals surface area contributed by atoms with Crippen molar-refractivity contribution >= 4 is 11.7 Å². The van der Waals surface area contributed by atoms with Gasteiger partial charge in [-0.2, -0.15) is 13.2 Å². The molecule has 1 aliphatic carbocycles. The normalized spacial score (nSPS) is 18.2. The van der Waals surface area contributed by atoms with Crippen molar-refractivity contribution in [1.82, 2.24) is 0 Å². The molecule has 0 spiro atoms. The highest BCUT2D eigenvalue weighted by Crippen LogP contribution is 2.37. The van der Waals surface area contributed by atoms with Gasteiger partial charge in [0.1, 0.15) is 6.10 Å². The van der Waals surface area contributed by atoms with Gasteiger partial charge >= 0.3 is 12.1 Å². The number of nitrogen functional groups attached to an aromatic ring is 1. The molecule has 1 aromatic rings. The Morgan fingerprint density at radius 2 is 1.71 bits per heavy atom. The van der Waals surface area contributed by atoms with E-state index in [0.29, 0.717) is 18.5 Å². The van der Waals surface area contributed by atoms with Gasteiger partial charge in [-0.05, 0) is 43.4 Å². The predicted octanol–water partition coefficient (Wildman–Crippen LogP) is 3.79. The molecule has 1 aliphatic rings. The molecule has 1 unspecified atom stereocenters. The summed E-state index contributed by atoms with van der Waals surface area (Å²) in [5.74, 6) is -3.47. The Morgan fingerprint density at radius 1 is 1.14 bits per heavy atom. The van der Waals surface area contributed by atoms with Crippen LogP contribution in [0.25, 0.3) is 0 Å². The van der Waals surface area contributed by atoms with Crippen LogP contribution in [0.15, 0.2) is 24.3 Å². The maximum Gasteiger partial charge on any atom is 0.406 e. The first-order valence-corrected chi connectivity index (χ1v) is 7.00. The lowest BCUT2D eigenvalue weighted by Crippen LogP contribution is -2.33. The molecule has 0 amide bonds. The Labute approximate surface area is 121 Å². The van der Waals surface area contributed by atoms with Crippen molar-refractivity contribution in [1.29, 1.82) is 0 Å². The lowest BCUT2D eigenvalue weighted by Gasteiger charge is -2.25. The third-order valence-electron chi connectivity index (χ3n) is 3.67. The third kappa shape index (κ3) is 4.12. The van der Waals surface area contributed by atoms with Crippen LogP contribution in [-0.4, -0.2) is 18.2 Å². The Bertz CT molecular complexity index is 479. The Kier molecular flexibility index (Phi) is 4.75. The number of halogens is 3. The van der Waals surface area contributed by atoms with Crippen molar-refractivity contribution in [3.63, 3.8) is 0 Å².